The standard InChI is InChI=1S/C15H20ClNO3/c1-11-5-6-17(14(9-11)15(18)19)7-8-20-13-4-2-3-12(16)10-13/h2-4,10-11,14H,5-9H2,1H3,(H,18,19). The molecule has 0 spiro atoms. The molecule has 110 valence electrons. The van der Waals surface area contributed by atoms with Crippen molar-refractivity contribution in [2.24, 2.45) is 5.92 Å². The van der Waals surface area contributed by atoms with Crippen LogP contribution in [-0.2, 0) is 4.79 Å². The van der Waals surface area contributed by atoms with E-state index in [0.717, 1.165) is 18.7 Å². The second-order valence-corrected chi connectivity index (χ2v) is 5.76. The monoisotopic (exact) mass is 297 g/mol. The summed E-state index contributed by atoms with van der Waals surface area (Å²) in [5.74, 6) is 0.454. The molecule has 1 aromatic rings. The van der Waals surface area contributed by atoms with Gasteiger partial charge in [0.1, 0.15) is 18.4 Å². The highest BCUT2D eigenvalue weighted by Crippen LogP contribution is 2.23. The van der Waals surface area contributed by atoms with Gasteiger partial charge in [0.15, 0.2) is 0 Å². The third-order valence-electron chi connectivity index (χ3n) is 3.70. The maximum absolute atomic E-state index is 11.3. The number of piperidine rings is 1. The molecule has 1 fully saturated rings. The van der Waals surface area contributed by atoms with E-state index in [0.29, 0.717) is 30.5 Å². The highest BCUT2D eigenvalue weighted by molar-refractivity contribution is 6.30. The minimum Gasteiger partial charge on any atom is -0.492 e. The molecule has 2 atom stereocenters. The number of carboxylic acid groups (broad SMARTS) is 1. The fraction of sp³-hybridized carbons (Fsp3) is 0.533. The number of halogens is 1. The summed E-state index contributed by atoms with van der Waals surface area (Å²) in [6.45, 7) is 4.02. The van der Waals surface area contributed by atoms with Crippen LogP contribution in [-0.4, -0.2) is 41.7 Å². The van der Waals surface area contributed by atoms with Crippen LogP contribution in [0.15, 0.2) is 24.3 Å². The van der Waals surface area contributed by atoms with Gasteiger partial charge in [-0.15, -0.1) is 0 Å². The van der Waals surface area contributed by atoms with Crippen molar-refractivity contribution in [2.45, 2.75) is 25.8 Å². The van der Waals surface area contributed by atoms with Gasteiger partial charge in [-0.05, 0) is 43.5 Å². The molecule has 2 unspecified atom stereocenters. The van der Waals surface area contributed by atoms with Gasteiger partial charge in [0.25, 0.3) is 0 Å². The molecule has 1 aliphatic rings. The van der Waals surface area contributed by atoms with Crippen molar-refractivity contribution in [2.75, 3.05) is 19.7 Å². The van der Waals surface area contributed by atoms with E-state index >= 15 is 0 Å². The number of ether oxygens (including phenoxy) is 1. The van der Waals surface area contributed by atoms with Crippen LogP contribution in [0.3, 0.4) is 0 Å². The number of carboxylic acids is 1. The maximum Gasteiger partial charge on any atom is 0.320 e. The normalized spacial score (nSPS) is 23.5. The van der Waals surface area contributed by atoms with Crippen LogP contribution in [0.25, 0.3) is 0 Å². The van der Waals surface area contributed by atoms with Crippen molar-refractivity contribution in [3.8, 4) is 5.75 Å². The third kappa shape index (κ3) is 4.12. The van der Waals surface area contributed by atoms with Gasteiger partial charge < -0.3 is 9.84 Å². The molecule has 0 aliphatic carbocycles. The Labute approximate surface area is 124 Å². The summed E-state index contributed by atoms with van der Waals surface area (Å²) in [5.41, 5.74) is 0. The first-order chi connectivity index (χ1) is 9.56. The Bertz CT molecular complexity index is 466. The summed E-state index contributed by atoms with van der Waals surface area (Å²) >= 11 is 5.89. The average Bonchev–Trinajstić information content (AvgIpc) is 2.40. The Hall–Kier alpha value is -1.26. The zero-order valence-corrected chi connectivity index (χ0v) is 12.3. The molecule has 0 aromatic heterocycles. The van der Waals surface area contributed by atoms with E-state index < -0.39 is 5.97 Å². The maximum atomic E-state index is 11.3. The van der Waals surface area contributed by atoms with Gasteiger partial charge in [0.05, 0.1) is 0 Å². The van der Waals surface area contributed by atoms with Crippen LogP contribution in [0.2, 0.25) is 5.02 Å². The van der Waals surface area contributed by atoms with E-state index in [9.17, 15) is 9.90 Å². The smallest absolute Gasteiger partial charge is 0.320 e. The minimum atomic E-state index is -0.737. The lowest BCUT2D eigenvalue weighted by molar-refractivity contribution is -0.145. The van der Waals surface area contributed by atoms with Crippen molar-refractivity contribution < 1.29 is 14.6 Å². The van der Waals surface area contributed by atoms with Crippen molar-refractivity contribution in [1.82, 2.24) is 4.90 Å². The molecule has 1 heterocycles. The van der Waals surface area contributed by atoms with Crippen molar-refractivity contribution in [3.05, 3.63) is 29.3 Å². The number of nitrogens with zero attached hydrogens (tertiary/aromatic N) is 1. The Morgan fingerprint density at radius 1 is 1.55 bits per heavy atom. The summed E-state index contributed by atoms with van der Waals surface area (Å²) < 4.78 is 5.63. The van der Waals surface area contributed by atoms with Gasteiger partial charge in [-0.2, -0.15) is 0 Å². The minimum absolute atomic E-state index is 0.387. The highest BCUT2D eigenvalue weighted by Gasteiger charge is 2.31. The fourth-order valence-electron chi connectivity index (χ4n) is 2.55. The van der Waals surface area contributed by atoms with Crippen LogP contribution < -0.4 is 4.74 Å². The zero-order chi connectivity index (χ0) is 14.5. The number of hydrogen-bond donors (Lipinski definition) is 1. The molecular weight excluding hydrogens is 278 g/mol. The Morgan fingerprint density at radius 3 is 3.05 bits per heavy atom. The fourth-order valence-corrected chi connectivity index (χ4v) is 2.73. The lowest BCUT2D eigenvalue weighted by Crippen LogP contribution is -2.48. The molecule has 5 heteroatoms. The highest BCUT2D eigenvalue weighted by atomic mass is 35.5. The van der Waals surface area contributed by atoms with E-state index in [-0.39, 0.29) is 6.04 Å². The van der Waals surface area contributed by atoms with E-state index in [4.69, 9.17) is 16.3 Å². The van der Waals surface area contributed by atoms with Crippen LogP contribution in [0.1, 0.15) is 19.8 Å². The summed E-state index contributed by atoms with van der Waals surface area (Å²) in [6.07, 6.45) is 1.76. The zero-order valence-electron chi connectivity index (χ0n) is 11.6. The lowest BCUT2D eigenvalue weighted by Gasteiger charge is -2.35. The molecule has 2 rings (SSSR count). The molecule has 1 saturated heterocycles. The van der Waals surface area contributed by atoms with Gasteiger partial charge in [0.2, 0.25) is 0 Å². The van der Waals surface area contributed by atoms with Crippen LogP contribution in [0.4, 0.5) is 0 Å². The van der Waals surface area contributed by atoms with Gasteiger partial charge in [-0.25, -0.2) is 0 Å². The van der Waals surface area contributed by atoms with E-state index in [1.165, 1.54) is 0 Å². The second kappa shape index (κ2) is 6.95. The number of aliphatic carboxylic acids is 1. The number of hydrogen-bond acceptors (Lipinski definition) is 3. The first-order valence-corrected chi connectivity index (χ1v) is 7.29. The molecule has 0 radical (unpaired) electrons. The number of likely N-dealkylation sites (tertiary alicyclic amines) is 1. The summed E-state index contributed by atoms with van der Waals surface area (Å²) in [5, 5.41) is 9.92. The van der Waals surface area contributed by atoms with E-state index in [1.54, 1.807) is 12.1 Å². The summed E-state index contributed by atoms with van der Waals surface area (Å²) in [4.78, 5) is 13.3. The Balaban J connectivity index is 1.84. The summed E-state index contributed by atoms with van der Waals surface area (Å²) in [6, 6.07) is 6.84. The topological polar surface area (TPSA) is 49.8 Å². The van der Waals surface area contributed by atoms with Gasteiger partial charge in [0, 0.05) is 11.6 Å². The molecular formula is C15H20ClNO3. The van der Waals surface area contributed by atoms with Gasteiger partial charge >= 0.3 is 5.97 Å². The number of carbonyl (C=O) groups is 1. The molecule has 0 amide bonds. The molecule has 4 nitrogen and oxygen atoms in total. The third-order valence-corrected chi connectivity index (χ3v) is 3.94. The Kier molecular flexibility index (Phi) is 5.26. The number of rotatable bonds is 5. The van der Waals surface area contributed by atoms with Crippen LogP contribution in [0.5, 0.6) is 5.75 Å². The van der Waals surface area contributed by atoms with E-state index in [2.05, 4.69) is 6.92 Å². The summed E-state index contributed by atoms with van der Waals surface area (Å²) in [7, 11) is 0. The average molecular weight is 298 g/mol. The molecule has 1 aliphatic heterocycles. The first-order valence-electron chi connectivity index (χ1n) is 6.91. The molecule has 0 saturated carbocycles. The van der Waals surface area contributed by atoms with Crippen molar-refractivity contribution in [1.29, 1.82) is 0 Å². The first kappa shape index (κ1) is 15.1. The lowest BCUT2D eigenvalue weighted by atomic mass is 9.92. The largest absolute Gasteiger partial charge is 0.492 e. The second-order valence-electron chi connectivity index (χ2n) is 5.33. The van der Waals surface area contributed by atoms with Crippen LogP contribution >= 0.6 is 11.6 Å². The molecule has 1 N–H and O–H groups in total. The predicted molar refractivity (Wildman–Crippen MR) is 78.3 cm³/mol. The van der Waals surface area contributed by atoms with Crippen molar-refractivity contribution in [3.63, 3.8) is 0 Å². The van der Waals surface area contributed by atoms with Crippen LogP contribution in [0, 0.1) is 5.92 Å². The van der Waals surface area contributed by atoms with E-state index in [1.807, 2.05) is 17.0 Å². The Morgan fingerprint density at radius 2 is 2.35 bits per heavy atom. The SMILES string of the molecule is CC1CCN(CCOc2cccc(Cl)c2)C(C(=O)O)C1. The van der Waals surface area contributed by atoms with Gasteiger partial charge in [-0.3, -0.25) is 9.69 Å². The molecule has 0 bridgehead atoms. The van der Waals surface area contributed by atoms with Crippen molar-refractivity contribution >= 4 is 17.6 Å². The quantitative estimate of drug-likeness (QED) is 0.908. The molecule has 1 aromatic carbocycles. The van der Waals surface area contributed by atoms with Gasteiger partial charge in [-0.1, -0.05) is 24.6 Å². The predicted octanol–water partition coefficient (Wildman–Crippen LogP) is 2.90. The number of benzene rings is 1. The molecule has 20 heavy (non-hydrogen) atoms.